The van der Waals surface area contributed by atoms with Crippen LogP contribution in [0.15, 0.2) is 16.4 Å². The van der Waals surface area contributed by atoms with Crippen molar-refractivity contribution in [3.63, 3.8) is 0 Å². The lowest BCUT2D eigenvalue weighted by Gasteiger charge is -2.13. The van der Waals surface area contributed by atoms with Crippen molar-refractivity contribution in [3.8, 4) is 0 Å². The zero-order valence-electron chi connectivity index (χ0n) is 15.1. The van der Waals surface area contributed by atoms with E-state index in [0.29, 0.717) is 16.7 Å². The van der Waals surface area contributed by atoms with Crippen LogP contribution < -0.4 is 15.5 Å². The molecule has 0 atom stereocenters. The Morgan fingerprint density at radius 2 is 2.08 bits per heavy atom. The van der Waals surface area contributed by atoms with Gasteiger partial charge in [0, 0.05) is 51.2 Å². The predicted octanol–water partition coefficient (Wildman–Crippen LogP) is 3.30. The summed E-state index contributed by atoms with van der Waals surface area (Å²) in [5, 5.41) is 11.0. The minimum Gasteiger partial charge on any atom is -0.356 e. The molecule has 0 aliphatic carbocycles. The number of thiazole rings is 1. The van der Waals surface area contributed by atoms with E-state index in [1.165, 1.54) is 12.8 Å². The second kappa shape index (κ2) is 8.97. The molecular weight excluding hydrogens is 391 g/mol. The number of halogens is 2. The number of nitrogens with one attached hydrogen (secondary N) is 2. The first kappa shape index (κ1) is 19.3. The highest BCUT2D eigenvalue weighted by molar-refractivity contribution is 7.13. The quantitative estimate of drug-likeness (QED) is 0.562. The summed E-state index contributed by atoms with van der Waals surface area (Å²) in [5.74, 6) is 0.744. The molecule has 0 radical (unpaired) electrons. The Hall–Kier alpha value is -1.44. The molecule has 0 spiro atoms. The summed E-state index contributed by atoms with van der Waals surface area (Å²) in [5.41, 5.74) is 2.12. The lowest BCUT2D eigenvalue weighted by atomic mass is 10.3. The molecule has 142 valence electrons. The van der Waals surface area contributed by atoms with Gasteiger partial charge in [0.2, 0.25) is 0 Å². The summed E-state index contributed by atoms with van der Waals surface area (Å²) in [4.78, 5) is 11.4. The molecule has 2 N–H and O–H groups in total. The van der Waals surface area contributed by atoms with Gasteiger partial charge in [-0.3, -0.25) is 4.99 Å². The number of nitrogens with zero attached hydrogens (tertiary/aromatic N) is 4. The third-order valence-corrected chi connectivity index (χ3v) is 6.26. The van der Waals surface area contributed by atoms with E-state index in [9.17, 15) is 0 Å². The van der Waals surface area contributed by atoms with Crippen LogP contribution in [0.4, 0.5) is 5.13 Å². The van der Waals surface area contributed by atoms with Crippen LogP contribution >= 0.6 is 34.5 Å². The lowest BCUT2D eigenvalue weighted by Crippen LogP contribution is -2.38. The molecule has 1 aliphatic heterocycles. The number of aliphatic imine (C=N–C) groups is 1. The van der Waals surface area contributed by atoms with Gasteiger partial charge in [0.15, 0.2) is 11.1 Å². The fraction of sp³-hybridized carbons (Fsp3) is 0.529. The highest BCUT2D eigenvalue weighted by Gasteiger charge is 2.15. The molecule has 0 unspecified atom stereocenters. The number of guanidine groups is 1. The fourth-order valence-corrected chi connectivity index (χ4v) is 4.26. The summed E-state index contributed by atoms with van der Waals surface area (Å²) in [6.07, 6.45) is 3.42. The van der Waals surface area contributed by atoms with Crippen LogP contribution in [0.2, 0.25) is 10.2 Å². The normalized spacial score (nSPS) is 14.9. The van der Waals surface area contributed by atoms with Crippen LogP contribution in [-0.4, -0.2) is 42.2 Å². The van der Waals surface area contributed by atoms with Crippen LogP contribution in [-0.2, 0) is 20.0 Å². The SMILES string of the molecule is CN=C(NCCc1csc(N2CCCC2)n1)NCc1cc(Cl)c(Cl)n1C. The highest BCUT2D eigenvalue weighted by Crippen LogP contribution is 2.25. The van der Waals surface area contributed by atoms with Gasteiger partial charge < -0.3 is 20.1 Å². The number of aromatic nitrogens is 2. The molecule has 2 aromatic rings. The Kier molecular flexibility index (Phi) is 6.67. The standard InChI is InChI=1S/C17H24Cl2N6S/c1-20-16(22-10-13-9-14(18)15(19)24(13)2)21-6-5-12-11-26-17(23-12)25-7-3-4-8-25/h9,11H,3-8,10H2,1-2H3,(H2,20,21,22). The summed E-state index contributed by atoms with van der Waals surface area (Å²) >= 11 is 13.9. The molecule has 3 heterocycles. The van der Waals surface area contributed by atoms with Crippen molar-refractivity contribution in [3.05, 3.63) is 33.0 Å². The molecule has 0 amide bonds. The maximum Gasteiger partial charge on any atom is 0.191 e. The smallest absolute Gasteiger partial charge is 0.191 e. The van der Waals surface area contributed by atoms with E-state index >= 15 is 0 Å². The van der Waals surface area contributed by atoms with Crippen molar-refractivity contribution >= 4 is 45.6 Å². The number of hydrogen-bond acceptors (Lipinski definition) is 4. The first-order chi connectivity index (χ1) is 12.6. The van der Waals surface area contributed by atoms with E-state index in [1.54, 1.807) is 18.4 Å². The van der Waals surface area contributed by atoms with E-state index in [-0.39, 0.29) is 0 Å². The maximum absolute atomic E-state index is 6.10. The molecule has 2 aromatic heterocycles. The van der Waals surface area contributed by atoms with Gasteiger partial charge >= 0.3 is 0 Å². The molecular formula is C17H24Cl2N6S. The average molecular weight is 415 g/mol. The van der Waals surface area contributed by atoms with Crippen molar-refractivity contribution in [1.29, 1.82) is 0 Å². The van der Waals surface area contributed by atoms with Gasteiger partial charge in [-0.2, -0.15) is 0 Å². The van der Waals surface area contributed by atoms with E-state index in [1.807, 2.05) is 17.7 Å². The van der Waals surface area contributed by atoms with Gasteiger partial charge in [-0.05, 0) is 18.9 Å². The molecule has 9 heteroatoms. The van der Waals surface area contributed by atoms with Crippen LogP contribution in [0.5, 0.6) is 0 Å². The van der Waals surface area contributed by atoms with Crippen LogP contribution in [0, 0.1) is 0 Å². The Labute approximate surface area is 168 Å². The summed E-state index contributed by atoms with van der Waals surface area (Å²) in [6.45, 7) is 3.64. The van der Waals surface area contributed by atoms with Crippen molar-refractivity contribution in [2.75, 3.05) is 31.6 Å². The van der Waals surface area contributed by atoms with Crippen molar-refractivity contribution in [1.82, 2.24) is 20.2 Å². The Bertz CT molecular complexity index is 763. The van der Waals surface area contributed by atoms with Crippen molar-refractivity contribution < 1.29 is 0 Å². The number of rotatable bonds is 6. The third-order valence-electron chi connectivity index (χ3n) is 4.47. The topological polar surface area (TPSA) is 57.5 Å². The number of hydrogen-bond donors (Lipinski definition) is 2. The van der Waals surface area contributed by atoms with Gasteiger partial charge in [0.25, 0.3) is 0 Å². The van der Waals surface area contributed by atoms with Gasteiger partial charge in [0.1, 0.15) is 5.15 Å². The highest BCUT2D eigenvalue weighted by atomic mass is 35.5. The molecule has 0 bridgehead atoms. The molecule has 0 saturated carbocycles. The molecule has 6 nitrogen and oxygen atoms in total. The molecule has 1 fully saturated rings. The summed E-state index contributed by atoms with van der Waals surface area (Å²) in [6, 6.07) is 1.86. The minimum atomic E-state index is 0.545. The van der Waals surface area contributed by atoms with E-state index < -0.39 is 0 Å². The average Bonchev–Trinajstić information content (AvgIpc) is 3.36. The summed E-state index contributed by atoms with van der Waals surface area (Å²) in [7, 11) is 3.65. The van der Waals surface area contributed by atoms with Crippen molar-refractivity contribution in [2.24, 2.45) is 12.0 Å². The first-order valence-electron chi connectivity index (χ1n) is 8.72. The number of anilines is 1. The third kappa shape index (κ3) is 4.64. The molecule has 0 aromatic carbocycles. The molecule has 26 heavy (non-hydrogen) atoms. The van der Waals surface area contributed by atoms with Gasteiger partial charge in [0.05, 0.1) is 17.3 Å². The zero-order valence-corrected chi connectivity index (χ0v) is 17.4. The lowest BCUT2D eigenvalue weighted by molar-refractivity contribution is 0.744. The first-order valence-corrected chi connectivity index (χ1v) is 10.4. The van der Waals surface area contributed by atoms with Gasteiger partial charge in [-0.15, -0.1) is 11.3 Å². The maximum atomic E-state index is 6.10. The predicted molar refractivity (Wildman–Crippen MR) is 111 cm³/mol. The van der Waals surface area contributed by atoms with Crippen molar-refractivity contribution in [2.45, 2.75) is 25.8 Å². The van der Waals surface area contributed by atoms with E-state index in [4.69, 9.17) is 28.2 Å². The van der Waals surface area contributed by atoms with E-state index in [2.05, 4.69) is 25.9 Å². The van der Waals surface area contributed by atoms with Crippen LogP contribution in [0.25, 0.3) is 0 Å². The zero-order chi connectivity index (χ0) is 18.5. The molecule has 3 rings (SSSR count). The van der Waals surface area contributed by atoms with Crippen LogP contribution in [0.3, 0.4) is 0 Å². The Balaban J connectivity index is 1.45. The minimum absolute atomic E-state index is 0.545. The van der Waals surface area contributed by atoms with Gasteiger partial charge in [-0.1, -0.05) is 23.2 Å². The Morgan fingerprint density at radius 3 is 2.73 bits per heavy atom. The largest absolute Gasteiger partial charge is 0.356 e. The molecule has 1 saturated heterocycles. The molecule has 1 aliphatic rings. The van der Waals surface area contributed by atoms with E-state index in [0.717, 1.165) is 48.5 Å². The second-order valence-corrected chi connectivity index (χ2v) is 7.85. The fourth-order valence-electron chi connectivity index (χ4n) is 2.93. The second-order valence-electron chi connectivity index (χ2n) is 6.25. The van der Waals surface area contributed by atoms with Crippen LogP contribution in [0.1, 0.15) is 24.2 Å². The van der Waals surface area contributed by atoms with Gasteiger partial charge in [-0.25, -0.2) is 4.98 Å². The Morgan fingerprint density at radius 1 is 1.31 bits per heavy atom. The summed E-state index contributed by atoms with van der Waals surface area (Å²) < 4.78 is 1.86. The monoisotopic (exact) mass is 414 g/mol.